The molecule has 0 atom stereocenters. The van der Waals surface area contributed by atoms with E-state index < -0.39 is 0 Å². The molecule has 5 rings (SSSR count). The molecule has 0 saturated heterocycles. The number of aliphatic imine (C=N–C) groups is 1. The first-order chi connectivity index (χ1) is 13.7. The lowest BCUT2D eigenvalue weighted by atomic mass is 9.98. The number of anilines is 1. The third-order valence-corrected chi connectivity index (χ3v) is 5.44. The maximum absolute atomic E-state index is 12.9. The molecule has 3 aromatic carbocycles. The molecule has 28 heavy (non-hydrogen) atoms. The number of benzene rings is 3. The highest BCUT2D eigenvalue weighted by Gasteiger charge is 2.19. The van der Waals surface area contributed by atoms with Crippen LogP contribution in [0.15, 0.2) is 71.7 Å². The number of fused-ring (bicyclic) bond motifs is 2. The van der Waals surface area contributed by atoms with Gasteiger partial charge in [-0.25, -0.2) is 0 Å². The van der Waals surface area contributed by atoms with Crippen molar-refractivity contribution in [3.63, 3.8) is 0 Å². The number of hydrogen-bond donors (Lipinski definition) is 1. The molecule has 1 N–H and O–H groups in total. The first kappa shape index (κ1) is 16.7. The van der Waals surface area contributed by atoms with Crippen molar-refractivity contribution in [3.8, 4) is 0 Å². The smallest absolute Gasteiger partial charge is 0.255 e. The second kappa shape index (κ2) is 6.61. The van der Waals surface area contributed by atoms with E-state index in [1.165, 1.54) is 16.7 Å². The summed E-state index contributed by atoms with van der Waals surface area (Å²) in [7, 11) is 0. The first-order valence-electron chi connectivity index (χ1n) is 9.53. The maximum Gasteiger partial charge on any atom is 0.255 e. The number of carbonyl (C=O) groups excluding carboxylic acids is 1. The second-order valence-electron chi connectivity index (χ2n) is 7.33. The molecule has 0 fully saturated rings. The summed E-state index contributed by atoms with van der Waals surface area (Å²) >= 11 is 0. The van der Waals surface area contributed by atoms with Crippen LogP contribution in [0.1, 0.15) is 43.7 Å². The van der Waals surface area contributed by atoms with Crippen LogP contribution >= 0.6 is 0 Å². The highest BCUT2D eigenvalue weighted by molar-refractivity contribution is 6.16. The molecule has 0 unspecified atom stereocenters. The van der Waals surface area contributed by atoms with E-state index in [0.29, 0.717) is 6.54 Å². The minimum absolute atomic E-state index is 0.0663. The van der Waals surface area contributed by atoms with Gasteiger partial charge in [-0.2, -0.15) is 0 Å². The van der Waals surface area contributed by atoms with E-state index >= 15 is 0 Å². The highest BCUT2D eigenvalue weighted by atomic mass is 16.1. The maximum atomic E-state index is 12.9. The first-order valence-corrected chi connectivity index (χ1v) is 9.53. The van der Waals surface area contributed by atoms with Crippen molar-refractivity contribution in [2.45, 2.75) is 19.9 Å². The lowest BCUT2D eigenvalue weighted by molar-refractivity contribution is 0.102. The van der Waals surface area contributed by atoms with E-state index in [-0.39, 0.29) is 5.91 Å². The van der Waals surface area contributed by atoms with Crippen LogP contribution in [0.5, 0.6) is 0 Å². The fraction of sp³-hybridized carbons (Fsp3) is 0.120. The van der Waals surface area contributed by atoms with Gasteiger partial charge in [-0.05, 0) is 53.8 Å². The Hall–Kier alpha value is -3.46. The second-order valence-corrected chi connectivity index (χ2v) is 7.33. The molecule has 1 heterocycles. The van der Waals surface area contributed by atoms with Gasteiger partial charge in [0.05, 0.1) is 12.3 Å². The monoisotopic (exact) mass is 364 g/mol. The zero-order valence-corrected chi connectivity index (χ0v) is 15.7. The SMILES string of the molecule is Cc1cc2c(cc1C(=O)Nc1ccc3c(c1)C(c1ccccc1)=NC3)CC=C2. The van der Waals surface area contributed by atoms with Gasteiger partial charge in [0.1, 0.15) is 0 Å². The predicted octanol–water partition coefficient (Wildman–Crippen LogP) is 5.17. The van der Waals surface area contributed by atoms with Crippen LogP contribution in [-0.2, 0) is 13.0 Å². The van der Waals surface area contributed by atoms with Gasteiger partial charge in [0, 0.05) is 22.4 Å². The Labute approximate surface area is 164 Å². The van der Waals surface area contributed by atoms with Crippen LogP contribution in [0.3, 0.4) is 0 Å². The summed E-state index contributed by atoms with van der Waals surface area (Å²) in [6.45, 7) is 2.68. The number of rotatable bonds is 3. The van der Waals surface area contributed by atoms with E-state index in [0.717, 1.165) is 40.1 Å². The van der Waals surface area contributed by atoms with Gasteiger partial charge < -0.3 is 5.32 Å². The van der Waals surface area contributed by atoms with Crippen molar-refractivity contribution >= 4 is 23.4 Å². The summed E-state index contributed by atoms with van der Waals surface area (Å²) < 4.78 is 0. The Kier molecular flexibility index (Phi) is 3.94. The molecule has 0 saturated carbocycles. The molecule has 0 spiro atoms. The Morgan fingerprint density at radius 1 is 1.00 bits per heavy atom. The molecule has 3 nitrogen and oxygen atoms in total. The molecule has 1 aliphatic heterocycles. The lowest BCUT2D eigenvalue weighted by Gasteiger charge is -2.12. The van der Waals surface area contributed by atoms with Gasteiger partial charge in [0.25, 0.3) is 5.91 Å². The molecule has 3 heteroatoms. The quantitative estimate of drug-likeness (QED) is 0.685. The molecular weight excluding hydrogens is 344 g/mol. The Morgan fingerprint density at radius 2 is 1.86 bits per heavy atom. The number of nitrogens with zero attached hydrogens (tertiary/aromatic N) is 1. The van der Waals surface area contributed by atoms with E-state index in [1.54, 1.807) is 0 Å². The largest absolute Gasteiger partial charge is 0.322 e. The van der Waals surface area contributed by atoms with Gasteiger partial charge in [0.15, 0.2) is 0 Å². The van der Waals surface area contributed by atoms with Crippen molar-refractivity contribution < 1.29 is 4.79 Å². The summed E-state index contributed by atoms with van der Waals surface area (Å²) in [5, 5.41) is 3.08. The van der Waals surface area contributed by atoms with Gasteiger partial charge in [-0.1, -0.05) is 54.6 Å². The molecule has 1 aliphatic carbocycles. The normalized spacial score (nSPS) is 13.8. The molecule has 136 valence electrons. The van der Waals surface area contributed by atoms with E-state index in [1.807, 2.05) is 43.3 Å². The number of amides is 1. The van der Waals surface area contributed by atoms with Crippen molar-refractivity contribution in [1.29, 1.82) is 0 Å². The standard InChI is InChI=1S/C25H20N2O/c1-16-12-18-8-5-9-19(18)13-22(16)25(28)27-21-11-10-20-15-26-24(23(20)14-21)17-6-3-2-4-7-17/h2-8,10-14H,9,15H2,1H3,(H,27,28). The summed E-state index contributed by atoms with van der Waals surface area (Å²) in [6, 6.07) is 20.4. The third-order valence-electron chi connectivity index (χ3n) is 5.44. The zero-order valence-electron chi connectivity index (χ0n) is 15.7. The van der Waals surface area contributed by atoms with E-state index in [4.69, 9.17) is 4.99 Å². The third kappa shape index (κ3) is 2.85. The summed E-state index contributed by atoms with van der Waals surface area (Å²) in [5.74, 6) is -0.0663. The molecule has 0 bridgehead atoms. The number of allylic oxidation sites excluding steroid dienone is 1. The van der Waals surface area contributed by atoms with Crippen LogP contribution in [0, 0.1) is 6.92 Å². The Morgan fingerprint density at radius 3 is 2.71 bits per heavy atom. The number of nitrogens with one attached hydrogen (secondary N) is 1. The number of hydrogen-bond acceptors (Lipinski definition) is 2. The summed E-state index contributed by atoms with van der Waals surface area (Å²) in [6.07, 6.45) is 5.15. The van der Waals surface area contributed by atoms with Crippen molar-refractivity contribution in [3.05, 3.63) is 106 Å². The molecular formula is C25H20N2O. The molecule has 0 aromatic heterocycles. The van der Waals surface area contributed by atoms with Gasteiger partial charge in [-0.3, -0.25) is 9.79 Å². The Balaban J connectivity index is 1.43. The van der Waals surface area contributed by atoms with Crippen molar-refractivity contribution in [1.82, 2.24) is 0 Å². The van der Waals surface area contributed by atoms with E-state index in [2.05, 4.69) is 41.7 Å². The van der Waals surface area contributed by atoms with Gasteiger partial charge in [-0.15, -0.1) is 0 Å². The average molecular weight is 364 g/mol. The van der Waals surface area contributed by atoms with E-state index in [9.17, 15) is 4.79 Å². The molecule has 3 aromatic rings. The topological polar surface area (TPSA) is 41.5 Å². The number of aryl methyl sites for hydroxylation is 1. The summed E-state index contributed by atoms with van der Waals surface area (Å²) in [5.41, 5.74) is 9.34. The van der Waals surface area contributed by atoms with Crippen molar-refractivity contribution in [2.75, 3.05) is 5.32 Å². The van der Waals surface area contributed by atoms with Gasteiger partial charge in [0.2, 0.25) is 0 Å². The van der Waals surface area contributed by atoms with Crippen molar-refractivity contribution in [2.24, 2.45) is 4.99 Å². The molecule has 0 radical (unpaired) electrons. The van der Waals surface area contributed by atoms with Crippen LogP contribution in [0.4, 0.5) is 5.69 Å². The van der Waals surface area contributed by atoms with Crippen LogP contribution < -0.4 is 5.32 Å². The van der Waals surface area contributed by atoms with Crippen LogP contribution in [0.2, 0.25) is 0 Å². The fourth-order valence-corrected chi connectivity index (χ4v) is 3.97. The fourth-order valence-electron chi connectivity index (χ4n) is 3.97. The highest BCUT2D eigenvalue weighted by Crippen LogP contribution is 2.27. The zero-order chi connectivity index (χ0) is 19.1. The molecule has 2 aliphatic rings. The number of carbonyl (C=O) groups is 1. The average Bonchev–Trinajstić information content (AvgIpc) is 3.34. The minimum atomic E-state index is -0.0663. The lowest BCUT2D eigenvalue weighted by Crippen LogP contribution is -2.14. The van der Waals surface area contributed by atoms with Crippen LogP contribution in [-0.4, -0.2) is 11.6 Å². The van der Waals surface area contributed by atoms with Crippen LogP contribution in [0.25, 0.3) is 6.08 Å². The Bertz CT molecular complexity index is 1160. The summed E-state index contributed by atoms with van der Waals surface area (Å²) in [4.78, 5) is 17.6. The van der Waals surface area contributed by atoms with Gasteiger partial charge >= 0.3 is 0 Å². The minimum Gasteiger partial charge on any atom is -0.322 e. The molecule has 1 amide bonds. The predicted molar refractivity (Wildman–Crippen MR) is 114 cm³/mol.